The van der Waals surface area contributed by atoms with Gasteiger partial charge in [-0.25, -0.2) is 4.79 Å². The van der Waals surface area contributed by atoms with Gasteiger partial charge < -0.3 is 42.9 Å². The molecule has 0 aliphatic carbocycles. The third-order valence-corrected chi connectivity index (χ3v) is 4.88. The van der Waals surface area contributed by atoms with Crippen molar-refractivity contribution in [2.45, 2.75) is 62.7 Å². The Morgan fingerprint density at radius 3 is 2.09 bits per heavy atom. The minimum atomic E-state index is -1.66. The number of nitrogens with one attached hydrogen (secondary N) is 2. The lowest BCUT2D eigenvalue weighted by molar-refractivity contribution is -0.145. The van der Waals surface area contributed by atoms with Gasteiger partial charge in [0, 0.05) is 13.0 Å². The molecule has 0 aromatic rings. The van der Waals surface area contributed by atoms with Crippen molar-refractivity contribution >= 4 is 41.5 Å². The Hall–Kier alpha value is -3.75. The molecule has 5 amide bonds. The number of carboxylic acids is 2. The summed E-state index contributed by atoms with van der Waals surface area (Å²) in [6.45, 7) is 0.146. The molecule has 1 heterocycles. The van der Waals surface area contributed by atoms with Gasteiger partial charge in [-0.3, -0.25) is 28.8 Å². The fourth-order valence-corrected chi connectivity index (χ4v) is 3.29. The Labute approximate surface area is 188 Å². The van der Waals surface area contributed by atoms with Crippen LogP contribution in [-0.2, 0) is 33.6 Å². The van der Waals surface area contributed by atoms with E-state index < -0.39 is 78.5 Å². The monoisotopic (exact) mass is 472 g/mol. The van der Waals surface area contributed by atoms with Gasteiger partial charge in [-0.05, 0) is 19.3 Å². The Morgan fingerprint density at radius 2 is 1.58 bits per heavy atom. The first-order valence-electron chi connectivity index (χ1n) is 10.0. The number of carbonyl (C=O) groups excluding carboxylic acids is 5. The van der Waals surface area contributed by atoms with E-state index in [-0.39, 0.29) is 25.8 Å². The summed E-state index contributed by atoms with van der Waals surface area (Å²) < 4.78 is 0. The Kier molecular flexibility index (Phi) is 10.2. The largest absolute Gasteiger partial charge is 0.481 e. The highest BCUT2D eigenvalue weighted by Crippen LogP contribution is 2.19. The summed E-state index contributed by atoms with van der Waals surface area (Å²) >= 11 is 0. The van der Waals surface area contributed by atoms with Crippen LogP contribution in [0.1, 0.15) is 38.5 Å². The van der Waals surface area contributed by atoms with Crippen molar-refractivity contribution in [3.05, 3.63) is 0 Å². The molecular weight excluding hydrogens is 444 g/mol. The molecule has 1 rings (SSSR count). The molecule has 1 fully saturated rings. The van der Waals surface area contributed by atoms with E-state index in [1.807, 2.05) is 0 Å². The molecule has 0 aromatic heterocycles. The highest BCUT2D eigenvalue weighted by atomic mass is 16.4. The summed E-state index contributed by atoms with van der Waals surface area (Å²) in [4.78, 5) is 83.3. The first kappa shape index (κ1) is 27.3. The molecule has 33 heavy (non-hydrogen) atoms. The van der Waals surface area contributed by atoms with Gasteiger partial charge in [0.15, 0.2) is 0 Å². The second-order valence-electron chi connectivity index (χ2n) is 7.53. The molecule has 15 nitrogen and oxygen atoms in total. The van der Waals surface area contributed by atoms with Crippen molar-refractivity contribution < 1.29 is 43.8 Å². The maximum Gasteiger partial charge on any atom is 0.326 e. The van der Waals surface area contributed by atoms with Crippen LogP contribution in [0.2, 0.25) is 0 Å². The molecule has 1 aliphatic rings. The second kappa shape index (κ2) is 12.3. The van der Waals surface area contributed by atoms with Crippen LogP contribution in [0.4, 0.5) is 0 Å². The lowest BCUT2D eigenvalue weighted by Crippen LogP contribution is -2.57. The zero-order valence-electron chi connectivity index (χ0n) is 17.7. The fourth-order valence-electron chi connectivity index (χ4n) is 3.29. The van der Waals surface area contributed by atoms with Crippen LogP contribution in [-0.4, -0.2) is 87.3 Å². The summed E-state index contributed by atoms with van der Waals surface area (Å²) in [5.74, 6) is -7.21. The molecule has 0 aromatic carbocycles. The zero-order valence-corrected chi connectivity index (χ0v) is 17.7. The summed E-state index contributed by atoms with van der Waals surface area (Å²) in [6.07, 6.45) is -1.39. The number of nitrogens with two attached hydrogens (primary N) is 3. The number of likely N-dealkylation sites (tertiary alicyclic amines) is 1. The predicted octanol–water partition coefficient (Wildman–Crippen LogP) is -4.03. The average molecular weight is 472 g/mol. The van der Waals surface area contributed by atoms with Gasteiger partial charge in [0.1, 0.15) is 18.1 Å². The van der Waals surface area contributed by atoms with Crippen molar-refractivity contribution in [2.24, 2.45) is 17.2 Å². The maximum atomic E-state index is 12.7. The van der Waals surface area contributed by atoms with Gasteiger partial charge >= 0.3 is 11.9 Å². The predicted molar refractivity (Wildman–Crippen MR) is 109 cm³/mol. The third-order valence-electron chi connectivity index (χ3n) is 4.88. The van der Waals surface area contributed by atoms with E-state index in [0.717, 1.165) is 4.90 Å². The van der Waals surface area contributed by atoms with Crippen molar-refractivity contribution in [1.82, 2.24) is 15.5 Å². The highest BCUT2D eigenvalue weighted by molar-refractivity contribution is 5.96. The van der Waals surface area contributed by atoms with Crippen molar-refractivity contribution in [3.63, 3.8) is 0 Å². The van der Waals surface area contributed by atoms with Gasteiger partial charge in [-0.1, -0.05) is 0 Å². The standard InChI is InChI=1S/C18H28N6O9/c19-8(6-13(21)26)17(31)24-5-1-2-11(24)16(30)23-10(7-14(27)28)15(29)22-9(18(32)33)3-4-12(20)25/h8-11H,1-7,19H2,(H2,20,25)(H2,21,26)(H,22,29)(H,23,30)(H,27,28)(H,32,33). The van der Waals surface area contributed by atoms with Crippen LogP contribution in [0.25, 0.3) is 0 Å². The van der Waals surface area contributed by atoms with Crippen LogP contribution in [0.15, 0.2) is 0 Å². The number of carbonyl (C=O) groups is 7. The quantitative estimate of drug-likeness (QED) is 0.136. The van der Waals surface area contributed by atoms with Gasteiger partial charge in [-0.15, -0.1) is 0 Å². The molecule has 1 aliphatic heterocycles. The zero-order chi connectivity index (χ0) is 25.3. The SMILES string of the molecule is NC(=O)CCC(NC(=O)C(CC(=O)O)NC(=O)C1CCCN1C(=O)C(N)CC(N)=O)C(=O)O. The van der Waals surface area contributed by atoms with E-state index in [0.29, 0.717) is 6.42 Å². The number of hydrogen-bond donors (Lipinski definition) is 7. The van der Waals surface area contributed by atoms with Crippen LogP contribution in [0.5, 0.6) is 0 Å². The molecule has 0 saturated carbocycles. The minimum absolute atomic E-state index is 0.146. The van der Waals surface area contributed by atoms with Crippen LogP contribution < -0.4 is 27.8 Å². The molecule has 0 radical (unpaired) electrons. The van der Waals surface area contributed by atoms with E-state index in [9.17, 15) is 38.7 Å². The lowest BCUT2D eigenvalue weighted by atomic mass is 10.1. The summed E-state index contributed by atoms with van der Waals surface area (Å²) in [5.41, 5.74) is 15.7. The molecule has 184 valence electrons. The number of nitrogens with zero attached hydrogens (tertiary/aromatic N) is 1. The Morgan fingerprint density at radius 1 is 0.939 bits per heavy atom. The Balaban J connectivity index is 2.92. The number of aliphatic carboxylic acids is 2. The van der Waals surface area contributed by atoms with Gasteiger partial charge in [0.05, 0.1) is 18.9 Å². The first-order chi connectivity index (χ1) is 15.3. The summed E-state index contributed by atoms with van der Waals surface area (Å²) in [6, 6.07) is -5.56. The molecular formula is C18H28N6O9. The number of primary amides is 2. The number of hydrogen-bond acceptors (Lipinski definition) is 8. The van der Waals surface area contributed by atoms with E-state index >= 15 is 0 Å². The number of carboxylic acid groups (broad SMARTS) is 2. The van der Waals surface area contributed by atoms with Crippen LogP contribution in [0, 0.1) is 0 Å². The second-order valence-corrected chi connectivity index (χ2v) is 7.53. The molecule has 10 N–H and O–H groups in total. The summed E-state index contributed by atoms with van der Waals surface area (Å²) in [5, 5.41) is 22.6. The first-order valence-corrected chi connectivity index (χ1v) is 10.0. The average Bonchev–Trinajstić information content (AvgIpc) is 3.18. The number of rotatable bonds is 13. The topological polar surface area (TPSA) is 265 Å². The van der Waals surface area contributed by atoms with E-state index in [1.165, 1.54) is 0 Å². The smallest absolute Gasteiger partial charge is 0.326 e. The van der Waals surface area contributed by atoms with E-state index in [4.69, 9.17) is 22.3 Å². The molecule has 15 heteroatoms. The molecule has 4 atom stereocenters. The van der Waals surface area contributed by atoms with Gasteiger partial charge in [-0.2, -0.15) is 0 Å². The lowest BCUT2D eigenvalue weighted by Gasteiger charge is -2.28. The van der Waals surface area contributed by atoms with E-state index in [1.54, 1.807) is 0 Å². The molecule has 0 bridgehead atoms. The van der Waals surface area contributed by atoms with Gasteiger partial charge in [0.25, 0.3) is 0 Å². The van der Waals surface area contributed by atoms with Gasteiger partial charge in [0.2, 0.25) is 29.5 Å². The number of amides is 5. The molecule has 1 saturated heterocycles. The third kappa shape index (κ3) is 8.72. The van der Waals surface area contributed by atoms with Crippen molar-refractivity contribution in [3.8, 4) is 0 Å². The van der Waals surface area contributed by atoms with Crippen LogP contribution in [0.3, 0.4) is 0 Å². The maximum absolute atomic E-state index is 12.7. The molecule has 0 spiro atoms. The van der Waals surface area contributed by atoms with E-state index in [2.05, 4.69) is 10.6 Å². The summed E-state index contributed by atoms with van der Waals surface area (Å²) in [7, 11) is 0. The highest BCUT2D eigenvalue weighted by Gasteiger charge is 2.38. The molecule has 4 unspecified atom stereocenters. The Bertz CT molecular complexity index is 817. The van der Waals surface area contributed by atoms with Crippen LogP contribution >= 0.6 is 0 Å². The van der Waals surface area contributed by atoms with Crippen molar-refractivity contribution in [2.75, 3.05) is 6.54 Å². The normalized spacial score (nSPS) is 18.0. The fraction of sp³-hybridized carbons (Fsp3) is 0.611. The minimum Gasteiger partial charge on any atom is -0.481 e. The van der Waals surface area contributed by atoms with Crippen molar-refractivity contribution in [1.29, 1.82) is 0 Å².